The van der Waals surface area contributed by atoms with E-state index in [1.165, 1.54) is 19.2 Å². The van der Waals surface area contributed by atoms with Crippen LogP contribution in [0.3, 0.4) is 0 Å². The molecule has 0 bridgehead atoms. The molecule has 0 radical (unpaired) electrons. The van der Waals surface area contributed by atoms with Crippen LogP contribution in [0.15, 0.2) is 41.3 Å². The van der Waals surface area contributed by atoms with Gasteiger partial charge >= 0.3 is 0 Å². The maximum absolute atomic E-state index is 12.8. The van der Waals surface area contributed by atoms with Crippen molar-refractivity contribution in [3.8, 4) is 5.75 Å². The molecule has 0 spiro atoms. The number of aromatic nitrogens is 3. The minimum Gasteiger partial charge on any atom is -0.495 e. The average Bonchev–Trinajstić information content (AvgIpc) is 2.93. The van der Waals surface area contributed by atoms with Crippen LogP contribution >= 0.6 is 23.2 Å². The Morgan fingerprint density at radius 2 is 1.86 bits per heavy atom. The van der Waals surface area contributed by atoms with Crippen LogP contribution in [0.2, 0.25) is 10.0 Å². The summed E-state index contributed by atoms with van der Waals surface area (Å²) in [5.41, 5.74) is 0.812. The molecule has 0 saturated carbocycles. The molecule has 0 amide bonds. The van der Waals surface area contributed by atoms with E-state index in [2.05, 4.69) is 10.3 Å². The smallest absolute Gasteiger partial charge is 0.286 e. The predicted molar refractivity (Wildman–Crippen MR) is 83.1 cm³/mol. The van der Waals surface area contributed by atoms with Crippen molar-refractivity contribution in [1.82, 2.24) is 14.4 Å². The maximum atomic E-state index is 12.8. The number of para-hydroxylation sites is 1. The van der Waals surface area contributed by atoms with Gasteiger partial charge in [-0.1, -0.05) is 40.5 Å². The predicted octanol–water partition coefficient (Wildman–Crippen LogP) is 2.98. The quantitative estimate of drug-likeness (QED) is 0.720. The molecule has 0 N–H and O–H groups in total. The van der Waals surface area contributed by atoms with Gasteiger partial charge in [-0.2, -0.15) is 8.42 Å². The van der Waals surface area contributed by atoms with E-state index in [9.17, 15) is 8.42 Å². The van der Waals surface area contributed by atoms with E-state index in [0.717, 1.165) is 4.09 Å². The molecular weight excluding hydrogens is 349 g/mol. The van der Waals surface area contributed by atoms with E-state index < -0.39 is 10.0 Å². The summed E-state index contributed by atoms with van der Waals surface area (Å²) in [7, 11) is -2.62. The number of hydrogen-bond donors (Lipinski definition) is 0. The highest BCUT2D eigenvalue weighted by Gasteiger charge is 2.25. The molecule has 0 saturated heterocycles. The third kappa shape index (κ3) is 2.31. The third-order valence-corrected chi connectivity index (χ3v) is 5.37. The normalized spacial score (nSPS) is 11.8. The van der Waals surface area contributed by atoms with Crippen LogP contribution in [-0.2, 0) is 10.0 Å². The Hall–Kier alpha value is -1.83. The van der Waals surface area contributed by atoms with Crippen LogP contribution in [0.4, 0.5) is 0 Å². The second-order valence-electron chi connectivity index (χ2n) is 4.34. The summed E-state index contributed by atoms with van der Waals surface area (Å²) in [4.78, 5) is -0.171. The minimum absolute atomic E-state index is 0.0131. The molecule has 1 heterocycles. The standard InChI is InChI=1S/C13H9Cl2N3O3S/c1-21-12-6-9(15)13(7-8(12)14)22(19,20)18-11-5-3-2-4-10(11)16-17-18/h2-7H,1H3. The van der Waals surface area contributed by atoms with Crippen molar-refractivity contribution < 1.29 is 13.2 Å². The molecule has 2 aromatic carbocycles. The zero-order valence-corrected chi connectivity index (χ0v) is 13.5. The first kappa shape index (κ1) is 15.1. The van der Waals surface area contributed by atoms with E-state index in [1.54, 1.807) is 24.3 Å². The van der Waals surface area contributed by atoms with Gasteiger partial charge in [-0.05, 0) is 18.2 Å². The third-order valence-electron chi connectivity index (χ3n) is 3.03. The second-order valence-corrected chi connectivity index (χ2v) is 6.89. The van der Waals surface area contributed by atoms with Gasteiger partial charge in [-0.25, -0.2) is 0 Å². The molecule has 0 fully saturated rings. The van der Waals surface area contributed by atoms with Crippen molar-refractivity contribution in [2.45, 2.75) is 4.90 Å². The number of fused-ring (bicyclic) bond motifs is 1. The van der Waals surface area contributed by atoms with Gasteiger partial charge < -0.3 is 4.74 Å². The summed E-state index contributed by atoms with van der Waals surface area (Å²) in [6, 6.07) is 9.28. The highest BCUT2D eigenvalue weighted by molar-refractivity contribution is 7.90. The molecule has 0 aliphatic carbocycles. The summed E-state index contributed by atoms with van der Waals surface area (Å²) < 4.78 is 31.4. The van der Waals surface area contributed by atoms with E-state index in [4.69, 9.17) is 27.9 Å². The molecular formula is C13H9Cl2N3O3S. The lowest BCUT2D eigenvalue weighted by Gasteiger charge is -2.10. The summed E-state index contributed by atoms with van der Waals surface area (Å²) in [5, 5.41) is 7.65. The molecule has 0 aliphatic rings. The van der Waals surface area contributed by atoms with Crippen LogP contribution in [0, 0.1) is 0 Å². The highest BCUT2D eigenvalue weighted by atomic mass is 35.5. The Kier molecular flexibility index (Phi) is 3.72. The monoisotopic (exact) mass is 357 g/mol. The fourth-order valence-electron chi connectivity index (χ4n) is 1.98. The topological polar surface area (TPSA) is 74.1 Å². The highest BCUT2D eigenvalue weighted by Crippen LogP contribution is 2.34. The average molecular weight is 358 g/mol. The molecule has 22 heavy (non-hydrogen) atoms. The van der Waals surface area contributed by atoms with E-state index in [0.29, 0.717) is 11.0 Å². The number of ether oxygens (including phenoxy) is 1. The SMILES string of the molecule is COc1cc(Cl)c(S(=O)(=O)n2nnc3ccccc32)cc1Cl. The molecule has 3 rings (SSSR count). The van der Waals surface area contributed by atoms with Crippen molar-refractivity contribution in [3.05, 3.63) is 46.4 Å². The molecule has 1 aromatic heterocycles. The van der Waals surface area contributed by atoms with Gasteiger partial charge in [0.2, 0.25) is 0 Å². The van der Waals surface area contributed by atoms with Crippen LogP contribution < -0.4 is 4.74 Å². The van der Waals surface area contributed by atoms with Crippen molar-refractivity contribution >= 4 is 44.3 Å². The summed E-state index contributed by atoms with van der Waals surface area (Å²) in [5.74, 6) is 0.286. The van der Waals surface area contributed by atoms with Crippen molar-refractivity contribution in [2.75, 3.05) is 7.11 Å². The van der Waals surface area contributed by atoms with Crippen LogP contribution in [0.5, 0.6) is 5.75 Å². The lowest BCUT2D eigenvalue weighted by atomic mass is 10.3. The number of halogens is 2. The fourth-order valence-corrected chi connectivity index (χ4v) is 4.04. The molecule has 114 valence electrons. The Morgan fingerprint density at radius 3 is 2.59 bits per heavy atom. The van der Waals surface area contributed by atoms with Crippen LogP contribution in [0.1, 0.15) is 0 Å². The molecule has 3 aromatic rings. The number of hydrogen-bond acceptors (Lipinski definition) is 5. The minimum atomic E-state index is -4.03. The van der Waals surface area contributed by atoms with Crippen molar-refractivity contribution in [2.24, 2.45) is 0 Å². The van der Waals surface area contributed by atoms with Crippen LogP contribution in [-0.4, -0.2) is 29.9 Å². The molecule has 9 heteroatoms. The first-order valence-electron chi connectivity index (χ1n) is 6.04. The Morgan fingerprint density at radius 1 is 1.14 bits per heavy atom. The van der Waals surface area contributed by atoms with E-state index >= 15 is 0 Å². The van der Waals surface area contributed by atoms with Crippen molar-refractivity contribution in [3.63, 3.8) is 0 Å². The Labute approximate surface area is 136 Å². The fraction of sp³-hybridized carbons (Fsp3) is 0.0769. The zero-order valence-electron chi connectivity index (χ0n) is 11.2. The van der Waals surface area contributed by atoms with Gasteiger partial charge in [0.25, 0.3) is 10.0 Å². The Balaban J connectivity index is 2.25. The Bertz CT molecular complexity index is 970. The van der Waals surface area contributed by atoms with Gasteiger partial charge in [0.05, 0.1) is 17.2 Å². The lowest BCUT2D eigenvalue weighted by molar-refractivity contribution is 0.414. The molecule has 0 unspecified atom stereocenters. The number of methoxy groups -OCH3 is 1. The maximum Gasteiger partial charge on any atom is 0.286 e. The second kappa shape index (κ2) is 5.42. The van der Waals surface area contributed by atoms with E-state index in [1.807, 2.05) is 0 Å². The number of rotatable bonds is 3. The van der Waals surface area contributed by atoms with Crippen molar-refractivity contribution in [1.29, 1.82) is 0 Å². The van der Waals surface area contributed by atoms with Crippen LogP contribution in [0.25, 0.3) is 11.0 Å². The first-order chi connectivity index (χ1) is 10.4. The van der Waals surface area contributed by atoms with Gasteiger partial charge in [0.1, 0.15) is 21.7 Å². The van der Waals surface area contributed by atoms with Gasteiger partial charge in [-0.15, -0.1) is 9.19 Å². The summed E-state index contributed by atoms with van der Waals surface area (Å²) >= 11 is 12.0. The largest absolute Gasteiger partial charge is 0.495 e. The summed E-state index contributed by atoms with van der Waals surface area (Å²) in [6.07, 6.45) is 0. The molecule has 0 aliphatic heterocycles. The number of nitrogens with zero attached hydrogens (tertiary/aromatic N) is 3. The molecule has 6 nitrogen and oxygen atoms in total. The lowest BCUT2D eigenvalue weighted by Crippen LogP contribution is -2.15. The van der Waals surface area contributed by atoms with Gasteiger partial charge in [0, 0.05) is 6.07 Å². The summed E-state index contributed by atoms with van der Waals surface area (Å²) in [6.45, 7) is 0. The first-order valence-corrected chi connectivity index (χ1v) is 8.24. The number of benzene rings is 2. The zero-order chi connectivity index (χ0) is 15.9. The van der Waals surface area contributed by atoms with E-state index in [-0.39, 0.29) is 20.7 Å². The van der Waals surface area contributed by atoms with Gasteiger partial charge in [-0.3, -0.25) is 0 Å². The molecule has 0 atom stereocenters. The van der Waals surface area contributed by atoms with Gasteiger partial charge in [0.15, 0.2) is 0 Å².